The van der Waals surface area contributed by atoms with E-state index in [1.807, 2.05) is 30.3 Å². The van der Waals surface area contributed by atoms with Gasteiger partial charge >= 0.3 is 12.1 Å². The number of hydrogen-bond acceptors (Lipinski definition) is 4. The zero-order valence-corrected chi connectivity index (χ0v) is 9.54. The molecule has 0 spiro atoms. The first-order valence-corrected chi connectivity index (χ1v) is 5.48. The van der Waals surface area contributed by atoms with Crippen molar-refractivity contribution < 1.29 is 24.2 Å². The highest BCUT2D eigenvalue weighted by molar-refractivity contribution is 5.80. The number of hydrogen-bond donors (Lipinski definition) is 2. The smallest absolute Gasteiger partial charge is 0.408 e. The van der Waals surface area contributed by atoms with Gasteiger partial charge in [0.05, 0.1) is 6.61 Å². The first-order valence-electron chi connectivity index (χ1n) is 5.48. The predicted molar refractivity (Wildman–Crippen MR) is 60.9 cm³/mol. The van der Waals surface area contributed by atoms with Crippen LogP contribution in [0, 0.1) is 0 Å². The van der Waals surface area contributed by atoms with Crippen LogP contribution in [0.1, 0.15) is 5.56 Å². The van der Waals surface area contributed by atoms with Crippen molar-refractivity contribution in [1.82, 2.24) is 5.32 Å². The molecule has 0 radical (unpaired) electrons. The Morgan fingerprint density at radius 2 is 2.11 bits per heavy atom. The van der Waals surface area contributed by atoms with Crippen molar-refractivity contribution in [3.05, 3.63) is 35.9 Å². The first kappa shape index (κ1) is 12.4. The lowest BCUT2D eigenvalue weighted by Crippen LogP contribution is -2.44. The molecule has 6 heteroatoms. The molecule has 2 N–H and O–H groups in total. The Hall–Kier alpha value is -2.08. The number of amides is 1. The monoisotopic (exact) mass is 251 g/mol. The molecule has 0 aromatic heterocycles. The van der Waals surface area contributed by atoms with Crippen LogP contribution >= 0.6 is 0 Å². The summed E-state index contributed by atoms with van der Waals surface area (Å²) >= 11 is 0. The van der Waals surface area contributed by atoms with Crippen molar-refractivity contribution in [2.75, 3.05) is 6.61 Å². The van der Waals surface area contributed by atoms with Crippen molar-refractivity contribution in [1.29, 1.82) is 0 Å². The van der Waals surface area contributed by atoms with Gasteiger partial charge in [-0.1, -0.05) is 30.3 Å². The molecule has 18 heavy (non-hydrogen) atoms. The van der Waals surface area contributed by atoms with E-state index in [2.05, 4.69) is 5.32 Å². The van der Waals surface area contributed by atoms with Gasteiger partial charge in [-0.25, -0.2) is 9.59 Å². The third kappa shape index (κ3) is 3.46. The second-order valence-electron chi connectivity index (χ2n) is 3.89. The maximum absolute atomic E-state index is 11.4. The van der Waals surface area contributed by atoms with Gasteiger partial charge in [-0.3, -0.25) is 0 Å². The quantitative estimate of drug-likeness (QED) is 0.754. The van der Waals surface area contributed by atoms with Crippen LogP contribution in [-0.2, 0) is 20.9 Å². The summed E-state index contributed by atoms with van der Waals surface area (Å²) in [7, 11) is 0. The number of carboxylic acids is 1. The van der Waals surface area contributed by atoms with Crippen LogP contribution in [-0.4, -0.2) is 35.9 Å². The topological polar surface area (TPSA) is 88.2 Å². The maximum atomic E-state index is 11.4. The minimum atomic E-state index is -1.13. The van der Waals surface area contributed by atoms with Gasteiger partial charge in [0, 0.05) is 0 Å². The van der Waals surface area contributed by atoms with E-state index in [9.17, 15) is 9.59 Å². The number of carboxylic acid groups (broad SMARTS) is 1. The molecule has 1 aliphatic heterocycles. The Morgan fingerprint density at radius 3 is 2.67 bits per heavy atom. The van der Waals surface area contributed by atoms with Gasteiger partial charge in [-0.15, -0.1) is 0 Å². The molecule has 2 rings (SSSR count). The average Bonchev–Trinajstić information content (AvgIpc) is 3.18. The van der Waals surface area contributed by atoms with Crippen LogP contribution in [0.25, 0.3) is 0 Å². The summed E-state index contributed by atoms with van der Waals surface area (Å²) in [6.45, 7) is 0.445. The third-order valence-corrected chi connectivity index (χ3v) is 2.48. The molecule has 1 heterocycles. The number of alkyl carbamates (subject to hydrolysis) is 1. The van der Waals surface area contributed by atoms with Crippen molar-refractivity contribution in [3.8, 4) is 0 Å². The lowest BCUT2D eigenvalue weighted by atomic mass is 10.2. The molecule has 1 unspecified atom stereocenters. The molecule has 0 aliphatic carbocycles. The van der Waals surface area contributed by atoms with Crippen LogP contribution in [0.3, 0.4) is 0 Å². The Labute approximate surface area is 104 Å². The summed E-state index contributed by atoms with van der Waals surface area (Å²) < 4.78 is 9.76. The second-order valence-corrected chi connectivity index (χ2v) is 3.89. The molecule has 0 saturated carbocycles. The summed E-state index contributed by atoms with van der Waals surface area (Å²) in [4.78, 5) is 22.3. The van der Waals surface area contributed by atoms with Gasteiger partial charge in [-0.2, -0.15) is 0 Å². The zero-order valence-electron chi connectivity index (χ0n) is 9.54. The van der Waals surface area contributed by atoms with E-state index in [4.69, 9.17) is 14.6 Å². The van der Waals surface area contributed by atoms with Gasteiger partial charge in [-0.05, 0) is 5.56 Å². The second kappa shape index (κ2) is 5.50. The Balaban J connectivity index is 1.79. The molecule has 1 fully saturated rings. The van der Waals surface area contributed by atoms with Gasteiger partial charge < -0.3 is 19.9 Å². The number of benzene rings is 1. The van der Waals surface area contributed by atoms with E-state index in [1.165, 1.54) is 0 Å². The van der Waals surface area contributed by atoms with E-state index in [0.717, 1.165) is 5.56 Å². The minimum Gasteiger partial charge on any atom is -0.480 e. The van der Waals surface area contributed by atoms with E-state index >= 15 is 0 Å². The van der Waals surface area contributed by atoms with Crippen LogP contribution in [0.5, 0.6) is 0 Å². The van der Waals surface area contributed by atoms with Gasteiger partial charge in [0.1, 0.15) is 12.7 Å². The Morgan fingerprint density at radius 1 is 1.44 bits per heavy atom. The molecule has 1 aromatic rings. The first-order chi connectivity index (χ1) is 8.66. The molecule has 0 bridgehead atoms. The standard InChI is InChI=1S/C12H13NO5/c14-11(15)10(9-7-17-9)13-12(16)18-6-8-4-2-1-3-5-8/h1-5,9-10H,6-7H2,(H,13,16)(H,14,15)/t9?,10-/m1/s1. The van der Waals surface area contributed by atoms with Crippen molar-refractivity contribution in [2.24, 2.45) is 0 Å². The van der Waals surface area contributed by atoms with Crippen molar-refractivity contribution in [3.63, 3.8) is 0 Å². The fraction of sp³-hybridized carbons (Fsp3) is 0.333. The summed E-state index contributed by atoms with van der Waals surface area (Å²) in [6.07, 6.45) is -1.21. The molecule has 1 saturated heterocycles. The van der Waals surface area contributed by atoms with Crippen molar-refractivity contribution in [2.45, 2.75) is 18.8 Å². The van der Waals surface area contributed by atoms with Gasteiger partial charge in [0.2, 0.25) is 0 Å². The fourth-order valence-electron chi connectivity index (χ4n) is 1.45. The van der Waals surface area contributed by atoms with Crippen molar-refractivity contribution >= 4 is 12.1 Å². The maximum Gasteiger partial charge on any atom is 0.408 e. The third-order valence-electron chi connectivity index (χ3n) is 2.48. The summed E-state index contributed by atoms with van der Waals surface area (Å²) in [6, 6.07) is 8.09. The highest BCUT2D eigenvalue weighted by atomic mass is 16.6. The Bertz CT molecular complexity index is 429. The number of nitrogens with one attached hydrogen (secondary N) is 1. The van der Waals surface area contributed by atoms with E-state index in [1.54, 1.807) is 0 Å². The number of carbonyl (C=O) groups excluding carboxylic acids is 1. The molecule has 1 amide bonds. The molecule has 1 aromatic carbocycles. The van der Waals surface area contributed by atoms with E-state index < -0.39 is 24.2 Å². The lowest BCUT2D eigenvalue weighted by Gasteiger charge is -2.12. The molecule has 2 atom stereocenters. The predicted octanol–water partition coefficient (Wildman–Crippen LogP) is 0.765. The highest BCUT2D eigenvalue weighted by Gasteiger charge is 2.39. The minimum absolute atomic E-state index is 0.102. The van der Waals surface area contributed by atoms with E-state index in [0.29, 0.717) is 6.61 Å². The number of rotatable bonds is 5. The van der Waals surface area contributed by atoms with Gasteiger partial charge in [0.15, 0.2) is 6.04 Å². The lowest BCUT2D eigenvalue weighted by molar-refractivity contribution is -0.139. The van der Waals surface area contributed by atoms with Crippen LogP contribution in [0.2, 0.25) is 0 Å². The number of carbonyl (C=O) groups is 2. The summed E-state index contributed by atoms with van der Waals surface area (Å²) in [5, 5.41) is 11.1. The molecular formula is C12H13NO5. The Kier molecular flexibility index (Phi) is 3.78. The van der Waals surface area contributed by atoms with Crippen LogP contribution in [0.4, 0.5) is 4.79 Å². The normalized spacial score (nSPS) is 18.8. The zero-order chi connectivity index (χ0) is 13.0. The molecule has 6 nitrogen and oxygen atoms in total. The molecular weight excluding hydrogens is 238 g/mol. The highest BCUT2D eigenvalue weighted by Crippen LogP contribution is 2.14. The number of epoxide rings is 1. The SMILES string of the molecule is O=C(N[C@@H](C(=O)O)C1CO1)OCc1ccccc1. The number of aliphatic carboxylic acids is 1. The largest absolute Gasteiger partial charge is 0.480 e. The summed E-state index contributed by atoms with van der Waals surface area (Å²) in [5.41, 5.74) is 0.835. The van der Waals surface area contributed by atoms with E-state index in [-0.39, 0.29) is 6.61 Å². The molecule has 1 aliphatic rings. The average molecular weight is 251 g/mol. The summed E-state index contributed by atoms with van der Waals surface area (Å²) in [5.74, 6) is -1.13. The molecule has 96 valence electrons. The fourth-order valence-corrected chi connectivity index (χ4v) is 1.45. The van der Waals surface area contributed by atoms with Crippen LogP contribution in [0.15, 0.2) is 30.3 Å². The number of ether oxygens (including phenoxy) is 2. The van der Waals surface area contributed by atoms with Gasteiger partial charge in [0.25, 0.3) is 0 Å². The van der Waals surface area contributed by atoms with Crippen LogP contribution < -0.4 is 5.32 Å².